The van der Waals surface area contributed by atoms with Gasteiger partial charge in [-0.1, -0.05) is 23.2 Å². The zero-order chi connectivity index (χ0) is 14.9. The van der Waals surface area contributed by atoms with E-state index in [1.807, 2.05) is 0 Å². The van der Waals surface area contributed by atoms with Gasteiger partial charge >= 0.3 is 0 Å². The van der Waals surface area contributed by atoms with Gasteiger partial charge in [-0.3, -0.25) is 4.79 Å². The van der Waals surface area contributed by atoms with Gasteiger partial charge < -0.3 is 11.1 Å². The predicted molar refractivity (Wildman–Crippen MR) is 82.9 cm³/mol. The molecule has 3 nitrogen and oxygen atoms in total. The van der Waals surface area contributed by atoms with Crippen LogP contribution in [0.1, 0.15) is 10.4 Å². The summed E-state index contributed by atoms with van der Waals surface area (Å²) in [5, 5.41) is 2.95. The van der Waals surface area contributed by atoms with Gasteiger partial charge in [0.2, 0.25) is 0 Å². The van der Waals surface area contributed by atoms with Crippen molar-refractivity contribution in [2.75, 3.05) is 11.1 Å². The Bertz CT molecular complexity index is 671. The molecule has 0 saturated heterocycles. The molecule has 104 valence electrons. The molecular formula is C13H8BrCl2FN2O. The average molecular weight is 378 g/mol. The molecule has 0 saturated carbocycles. The molecule has 0 unspecified atom stereocenters. The molecule has 2 aromatic rings. The molecule has 0 spiro atoms. The van der Waals surface area contributed by atoms with E-state index < -0.39 is 11.7 Å². The van der Waals surface area contributed by atoms with Crippen LogP contribution in [0.25, 0.3) is 0 Å². The highest BCUT2D eigenvalue weighted by Crippen LogP contribution is 2.32. The van der Waals surface area contributed by atoms with Crippen LogP contribution in [0.15, 0.2) is 34.8 Å². The van der Waals surface area contributed by atoms with E-state index in [9.17, 15) is 9.18 Å². The van der Waals surface area contributed by atoms with Crippen LogP contribution in [0.4, 0.5) is 15.8 Å². The van der Waals surface area contributed by atoms with E-state index in [1.54, 1.807) is 0 Å². The normalized spacial score (nSPS) is 10.4. The third kappa shape index (κ3) is 3.23. The van der Waals surface area contributed by atoms with E-state index in [4.69, 9.17) is 28.9 Å². The smallest absolute Gasteiger partial charge is 0.255 e. The quantitative estimate of drug-likeness (QED) is 0.743. The number of halogens is 4. The number of carbonyl (C=O) groups excluding carboxylic acids is 1. The van der Waals surface area contributed by atoms with Crippen molar-refractivity contribution >= 4 is 56.4 Å². The summed E-state index contributed by atoms with van der Waals surface area (Å²) in [5.41, 5.74) is 6.55. The highest BCUT2D eigenvalue weighted by atomic mass is 79.9. The number of rotatable bonds is 2. The van der Waals surface area contributed by atoms with Gasteiger partial charge in [-0.15, -0.1) is 0 Å². The summed E-state index contributed by atoms with van der Waals surface area (Å²) in [7, 11) is 0. The van der Waals surface area contributed by atoms with Crippen LogP contribution in [-0.2, 0) is 0 Å². The van der Waals surface area contributed by atoms with Crippen LogP contribution in [0.5, 0.6) is 0 Å². The number of benzene rings is 2. The minimum atomic E-state index is -0.504. The lowest BCUT2D eigenvalue weighted by Gasteiger charge is -2.10. The van der Waals surface area contributed by atoms with Crippen molar-refractivity contribution in [1.82, 2.24) is 0 Å². The molecule has 0 aliphatic carbocycles. The van der Waals surface area contributed by atoms with Gasteiger partial charge in [-0.2, -0.15) is 0 Å². The van der Waals surface area contributed by atoms with Crippen molar-refractivity contribution in [3.63, 3.8) is 0 Å². The minimum Gasteiger partial charge on any atom is -0.398 e. The molecule has 1 amide bonds. The number of nitrogens with two attached hydrogens (primary N) is 1. The second-order valence-corrected chi connectivity index (χ2v) is 5.60. The molecule has 3 N–H and O–H groups in total. The number of anilines is 2. The van der Waals surface area contributed by atoms with Crippen LogP contribution >= 0.6 is 39.1 Å². The number of hydrogen-bond acceptors (Lipinski definition) is 2. The fourth-order valence-electron chi connectivity index (χ4n) is 1.52. The molecule has 0 atom stereocenters. The Kier molecular flexibility index (Phi) is 4.52. The Labute approximate surface area is 133 Å². The van der Waals surface area contributed by atoms with Crippen LogP contribution in [0, 0.1) is 5.82 Å². The first-order valence-corrected chi connectivity index (χ1v) is 6.94. The summed E-state index contributed by atoms with van der Waals surface area (Å²) in [6.07, 6.45) is 0. The Balaban J connectivity index is 2.30. The second-order valence-electron chi connectivity index (χ2n) is 3.93. The Morgan fingerprint density at radius 3 is 2.50 bits per heavy atom. The summed E-state index contributed by atoms with van der Waals surface area (Å²) in [6.45, 7) is 0. The summed E-state index contributed by atoms with van der Waals surface area (Å²) in [6, 6.07) is 6.81. The van der Waals surface area contributed by atoms with E-state index in [0.717, 1.165) is 6.07 Å². The van der Waals surface area contributed by atoms with Gasteiger partial charge in [0, 0.05) is 10.0 Å². The fraction of sp³-hybridized carbons (Fsp3) is 0. The first-order chi connectivity index (χ1) is 9.38. The lowest BCUT2D eigenvalue weighted by atomic mass is 10.2. The van der Waals surface area contributed by atoms with Gasteiger partial charge in [0.05, 0.1) is 21.4 Å². The first kappa shape index (κ1) is 15.1. The molecule has 2 rings (SSSR count). The number of nitrogens with one attached hydrogen (secondary N) is 1. The summed E-state index contributed by atoms with van der Waals surface area (Å²) in [4.78, 5) is 12.1. The molecular weight excluding hydrogens is 370 g/mol. The van der Waals surface area contributed by atoms with Crippen LogP contribution in [0.2, 0.25) is 10.0 Å². The molecule has 2 aromatic carbocycles. The molecule has 7 heteroatoms. The standard InChI is InChI=1S/C13H8BrCl2FN2O/c14-8-4-7(17)5-10(16)12(8)19-13(20)6-1-2-11(18)9(15)3-6/h1-5H,18H2,(H,19,20). The van der Waals surface area contributed by atoms with Gasteiger partial charge in [0.15, 0.2) is 0 Å². The lowest BCUT2D eigenvalue weighted by molar-refractivity contribution is 0.102. The predicted octanol–water partition coefficient (Wildman–Crippen LogP) is 4.73. The van der Waals surface area contributed by atoms with Gasteiger partial charge in [0.25, 0.3) is 5.91 Å². The molecule has 0 bridgehead atoms. The molecule has 0 aliphatic rings. The number of nitrogen functional groups attached to an aromatic ring is 1. The maximum absolute atomic E-state index is 13.1. The molecule has 20 heavy (non-hydrogen) atoms. The number of hydrogen-bond donors (Lipinski definition) is 2. The van der Waals surface area contributed by atoms with E-state index >= 15 is 0 Å². The fourth-order valence-corrected chi connectivity index (χ4v) is 2.60. The summed E-state index contributed by atoms with van der Waals surface area (Å²) in [5.74, 6) is -0.934. The Morgan fingerprint density at radius 1 is 1.20 bits per heavy atom. The lowest BCUT2D eigenvalue weighted by Crippen LogP contribution is -2.13. The van der Waals surface area contributed by atoms with E-state index in [0.29, 0.717) is 15.7 Å². The highest BCUT2D eigenvalue weighted by molar-refractivity contribution is 9.10. The third-order valence-corrected chi connectivity index (χ3v) is 3.76. The van der Waals surface area contributed by atoms with Crippen molar-refractivity contribution in [3.05, 3.63) is 56.2 Å². The zero-order valence-electron chi connectivity index (χ0n) is 9.88. The SMILES string of the molecule is Nc1ccc(C(=O)Nc2c(Cl)cc(F)cc2Br)cc1Cl. The van der Waals surface area contributed by atoms with Crippen molar-refractivity contribution in [3.8, 4) is 0 Å². The summed E-state index contributed by atoms with van der Waals surface area (Å²) < 4.78 is 13.5. The average Bonchev–Trinajstić information content (AvgIpc) is 2.36. The number of amides is 1. The Morgan fingerprint density at radius 2 is 1.90 bits per heavy atom. The first-order valence-electron chi connectivity index (χ1n) is 5.39. The molecule has 0 heterocycles. The van der Waals surface area contributed by atoms with E-state index in [1.165, 1.54) is 24.3 Å². The topological polar surface area (TPSA) is 55.1 Å². The maximum atomic E-state index is 13.1. The number of carbonyl (C=O) groups is 1. The zero-order valence-corrected chi connectivity index (χ0v) is 13.0. The molecule has 0 aliphatic heterocycles. The van der Waals surface area contributed by atoms with Crippen LogP contribution < -0.4 is 11.1 Å². The van der Waals surface area contributed by atoms with E-state index in [2.05, 4.69) is 21.2 Å². The largest absolute Gasteiger partial charge is 0.398 e. The summed E-state index contributed by atoms with van der Waals surface area (Å²) >= 11 is 14.9. The molecule has 0 fully saturated rings. The highest BCUT2D eigenvalue weighted by Gasteiger charge is 2.13. The van der Waals surface area contributed by atoms with Crippen molar-refractivity contribution in [1.29, 1.82) is 0 Å². The Hall–Kier alpha value is -1.30. The van der Waals surface area contributed by atoms with Crippen molar-refractivity contribution in [2.45, 2.75) is 0 Å². The monoisotopic (exact) mass is 376 g/mol. The maximum Gasteiger partial charge on any atom is 0.255 e. The minimum absolute atomic E-state index is 0.0896. The van der Waals surface area contributed by atoms with Crippen LogP contribution in [0.3, 0.4) is 0 Å². The van der Waals surface area contributed by atoms with Crippen LogP contribution in [-0.4, -0.2) is 5.91 Å². The molecule has 0 aromatic heterocycles. The van der Waals surface area contributed by atoms with Crippen molar-refractivity contribution in [2.24, 2.45) is 0 Å². The van der Waals surface area contributed by atoms with E-state index in [-0.39, 0.29) is 15.7 Å². The van der Waals surface area contributed by atoms with Gasteiger partial charge in [-0.05, 0) is 46.3 Å². The van der Waals surface area contributed by atoms with Gasteiger partial charge in [0.1, 0.15) is 5.82 Å². The van der Waals surface area contributed by atoms with Gasteiger partial charge in [-0.25, -0.2) is 4.39 Å². The van der Waals surface area contributed by atoms with Crippen molar-refractivity contribution < 1.29 is 9.18 Å². The second kappa shape index (κ2) is 5.99. The molecule has 0 radical (unpaired) electrons. The third-order valence-electron chi connectivity index (χ3n) is 2.51.